The van der Waals surface area contributed by atoms with E-state index in [1.54, 1.807) is 6.07 Å². The standard InChI is InChI=1S/C12H18N2O2S/c1-16-12(15)11-3-2-10(14-11)7-13-6-9-4-5-17-8-9/h2-3,9,13-14H,4-8H2,1H3. The molecule has 1 aliphatic rings. The Morgan fingerprint density at radius 3 is 3.24 bits per heavy atom. The number of carbonyl (C=O) groups excluding carboxylic acids is 1. The Hall–Kier alpha value is -0.940. The first-order valence-corrected chi connectivity index (χ1v) is 6.99. The second-order valence-corrected chi connectivity index (χ2v) is 5.40. The lowest BCUT2D eigenvalue weighted by Crippen LogP contribution is -2.22. The zero-order valence-corrected chi connectivity index (χ0v) is 10.8. The van der Waals surface area contributed by atoms with Crippen molar-refractivity contribution in [3.63, 3.8) is 0 Å². The molecule has 0 saturated carbocycles. The summed E-state index contributed by atoms with van der Waals surface area (Å²) in [6.45, 7) is 1.83. The van der Waals surface area contributed by atoms with Crippen LogP contribution in [0.3, 0.4) is 0 Å². The summed E-state index contributed by atoms with van der Waals surface area (Å²) in [6.07, 6.45) is 1.32. The zero-order chi connectivity index (χ0) is 12.1. The molecule has 0 radical (unpaired) electrons. The molecule has 0 spiro atoms. The number of ether oxygens (including phenoxy) is 1. The Labute approximate surface area is 106 Å². The third-order valence-corrected chi connectivity index (χ3v) is 4.16. The van der Waals surface area contributed by atoms with Gasteiger partial charge in [0.25, 0.3) is 0 Å². The van der Waals surface area contributed by atoms with Crippen LogP contribution in [0, 0.1) is 5.92 Å². The highest BCUT2D eigenvalue weighted by molar-refractivity contribution is 7.99. The highest BCUT2D eigenvalue weighted by Crippen LogP contribution is 2.22. The predicted molar refractivity (Wildman–Crippen MR) is 69.3 cm³/mol. The van der Waals surface area contributed by atoms with Gasteiger partial charge in [-0.25, -0.2) is 4.79 Å². The molecule has 2 rings (SSSR count). The van der Waals surface area contributed by atoms with Crippen LogP contribution in [0.4, 0.5) is 0 Å². The van der Waals surface area contributed by atoms with E-state index in [4.69, 9.17) is 0 Å². The van der Waals surface area contributed by atoms with Gasteiger partial charge in [-0.3, -0.25) is 0 Å². The first-order valence-electron chi connectivity index (χ1n) is 5.84. The number of hydrogen-bond acceptors (Lipinski definition) is 4. The summed E-state index contributed by atoms with van der Waals surface area (Å²) in [4.78, 5) is 14.3. The van der Waals surface area contributed by atoms with Gasteiger partial charge < -0.3 is 15.0 Å². The van der Waals surface area contributed by atoms with Gasteiger partial charge in [0.15, 0.2) is 0 Å². The number of rotatable bonds is 5. The molecule has 94 valence electrons. The lowest BCUT2D eigenvalue weighted by atomic mass is 10.1. The van der Waals surface area contributed by atoms with E-state index in [9.17, 15) is 4.79 Å². The smallest absolute Gasteiger partial charge is 0.354 e. The molecule has 4 nitrogen and oxygen atoms in total. The minimum Gasteiger partial charge on any atom is -0.464 e. The topological polar surface area (TPSA) is 54.1 Å². The molecule has 2 heterocycles. The van der Waals surface area contributed by atoms with Gasteiger partial charge in [-0.15, -0.1) is 0 Å². The number of thioether (sulfide) groups is 1. The molecule has 2 N–H and O–H groups in total. The van der Waals surface area contributed by atoms with Crippen LogP contribution in [-0.4, -0.2) is 36.1 Å². The molecule has 1 unspecified atom stereocenters. The zero-order valence-electron chi connectivity index (χ0n) is 9.99. The number of methoxy groups -OCH3 is 1. The van der Waals surface area contributed by atoms with Crippen molar-refractivity contribution in [3.8, 4) is 0 Å². The summed E-state index contributed by atoms with van der Waals surface area (Å²) < 4.78 is 4.64. The molecule has 0 aromatic carbocycles. The monoisotopic (exact) mass is 254 g/mol. The van der Waals surface area contributed by atoms with Crippen molar-refractivity contribution < 1.29 is 9.53 Å². The second kappa shape index (κ2) is 6.12. The molecule has 0 aliphatic carbocycles. The van der Waals surface area contributed by atoms with Gasteiger partial charge in [0.05, 0.1) is 7.11 Å². The van der Waals surface area contributed by atoms with Crippen LogP contribution in [-0.2, 0) is 11.3 Å². The predicted octanol–water partition coefficient (Wildman–Crippen LogP) is 1.64. The second-order valence-electron chi connectivity index (χ2n) is 4.25. The number of aromatic amines is 1. The van der Waals surface area contributed by atoms with E-state index in [-0.39, 0.29) is 5.97 Å². The Balaban J connectivity index is 1.74. The van der Waals surface area contributed by atoms with Crippen molar-refractivity contribution in [2.24, 2.45) is 5.92 Å². The van der Waals surface area contributed by atoms with Crippen LogP contribution in [0.25, 0.3) is 0 Å². The van der Waals surface area contributed by atoms with Crippen molar-refractivity contribution in [2.45, 2.75) is 13.0 Å². The highest BCUT2D eigenvalue weighted by Gasteiger charge is 2.14. The summed E-state index contributed by atoms with van der Waals surface area (Å²) in [5.74, 6) is 3.05. The summed E-state index contributed by atoms with van der Waals surface area (Å²) in [6, 6.07) is 3.68. The molecule has 1 aromatic rings. The van der Waals surface area contributed by atoms with Crippen LogP contribution in [0.1, 0.15) is 22.6 Å². The number of H-pyrrole nitrogens is 1. The minimum atomic E-state index is -0.316. The normalized spacial score (nSPS) is 19.5. The largest absolute Gasteiger partial charge is 0.464 e. The fourth-order valence-electron chi connectivity index (χ4n) is 1.93. The van der Waals surface area contributed by atoms with E-state index in [0.717, 1.165) is 24.7 Å². The molecule has 1 atom stereocenters. The van der Waals surface area contributed by atoms with Gasteiger partial charge in [0, 0.05) is 12.2 Å². The SMILES string of the molecule is COC(=O)c1ccc(CNCC2CCSC2)[nH]1. The number of carbonyl (C=O) groups is 1. The number of esters is 1. The maximum Gasteiger partial charge on any atom is 0.354 e. The van der Waals surface area contributed by atoms with Crippen LogP contribution < -0.4 is 5.32 Å². The maximum absolute atomic E-state index is 11.2. The van der Waals surface area contributed by atoms with Gasteiger partial charge >= 0.3 is 5.97 Å². The Morgan fingerprint density at radius 2 is 2.53 bits per heavy atom. The first kappa shape index (κ1) is 12.5. The summed E-state index contributed by atoms with van der Waals surface area (Å²) >= 11 is 2.03. The fraction of sp³-hybridized carbons (Fsp3) is 0.583. The van der Waals surface area contributed by atoms with Gasteiger partial charge in [-0.05, 0) is 42.5 Å². The molecule has 17 heavy (non-hydrogen) atoms. The van der Waals surface area contributed by atoms with E-state index in [2.05, 4.69) is 15.0 Å². The van der Waals surface area contributed by atoms with E-state index in [1.165, 1.54) is 25.0 Å². The fourth-order valence-corrected chi connectivity index (χ4v) is 3.21. The van der Waals surface area contributed by atoms with Crippen molar-refractivity contribution >= 4 is 17.7 Å². The number of aromatic nitrogens is 1. The maximum atomic E-state index is 11.2. The van der Waals surface area contributed by atoms with Gasteiger partial charge in [-0.1, -0.05) is 0 Å². The first-order chi connectivity index (χ1) is 8.29. The van der Waals surface area contributed by atoms with Crippen molar-refractivity contribution in [3.05, 3.63) is 23.5 Å². The molecule has 1 fully saturated rings. The van der Waals surface area contributed by atoms with E-state index in [1.807, 2.05) is 17.8 Å². The molecule has 0 amide bonds. The van der Waals surface area contributed by atoms with Crippen LogP contribution in [0.2, 0.25) is 0 Å². The lowest BCUT2D eigenvalue weighted by molar-refractivity contribution is 0.0594. The summed E-state index contributed by atoms with van der Waals surface area (Å²) in [5, 5.41) is 3.42. The molecule has 1 aromatic heterocycles. The Bertz CT molecular complexity index is 372. The minimum absolute atomic E-state index is 0.316. The van der Waals surface area contributed by atoms with Crippen LogP contribution >= 0.6 is 11.8 Å². The quantitative estimate of drug-likeness (QED) is 0.784. The average Bonchev–Trinajstić information content (AvgIpc) is 2.99. The molecule has 1 aliphatic heterocycles. The van der Waals surface area contributed by atoms with Gasteiger partial charge in [0.1, 0.15) is 5.69 Å². The Kier molecular flexibility index (Phi) is 4.50. The summed E-state index contributed by atoms with van der Waals surface area (Å²) in [7, 11) is 1.39. The van der Waals surface area contributed by atoms with Crippen molar-refractivity contribution in [1.82, 2.24) is 10.3 Å². The Morgan fingerprint density at radius 1 is 1.65 bits per heavy atom. The van der Waals surface area contributed by atoms with E-state index in [0.29, 0.717) is 5.69 Å². The average molecular weight is 254 g/mol. The van der Waals surface area contributed by atoms with Crippen molar-refractivity contribution in [2.75, 3.05) is 25.2 Å². The third kappa shape index (κ3) is 3.51. The number of hydrogen-bond donors (Lipinski definition) is 2. The number of nitrogens with one attached hydrogen (secondary N) is 2. The molecule has 5 heteroatoms. The van der Waals surface area contributed by atoms with E-state index < -0.39 is 0 Å². The molecule has 0 bridgehead atoms. The highest BCUT2D eigenvalue weighted by atomic mass is 32.2. The van der Waals surface area contributed by atoms with Crippen molar-refractivity contribution in [1.29, 1.82) is 0 Å². The van der Waals surface area contributed by atoms with Gasteiger partial charge in [0.2, 0.25) is 0 Å². The van der Waals surface area contributed by atoms with Crippen LogP contribution in [0.15, 0.2) is 12.1 Å². The van der Waals surface area contributed by atoms with Crippen LogP contribution in [0.5, 0.6) is 0 Å². The molecular weight excluding hydrogens is 236 g/mol. The van der Waals surface area contributed by atoms with Gasteiger partial charge in [-0.2, -0.15) is 11.8 Å². The third-order valence-electron chi connectivity index (χ3n) is 2.92. The molecular formula is C12H18N2O2S. The summed E-state index contributed by atoms with van der Waals surface area (Å²) in [5.41, 5.74) is 1.54. The van der Waals surface area contributed by atoms with E-state index >= 15 is 0 Å². The lowest BCUT2D eigenvalue weighted by Gasteiger charge is -2.08. The molecule has 1 saturated heterocycles.